The SMILES string of the molecule is CCNC(c1cncc(OC)c1)C1CC1(C)C. The first kappa shape index (κ1) is 12.4. The van der Waals surface area contributed by atoms with Crippen LogP contribution in [0.3, 0.4) is 0 Å². The summed E-state index contributed by atoms with van der Waals surface area (Å²) in [6.45, 7) is 7.79. The molecule has 0 radical (unpaired) electrons. The van der Waals surface area contributed by atoms with E-state index in [2.05, 4.69) is 37.1 Å². The Morgan fingerprint density at radius 1 is 1.53 bits per heavy atom. The van der Waals surface area contributed by atoms with Crippen molar-refractivity contribution in [3.63, 3.8) is 0 Å². The van der Waals surface area contributed by atoms with Crippen molar-refractivity contribution in [1.29, 1.82) is 0 Å². The maximum Gasteiger partial charge on any atom is 0.137 e. The molecule has 1 heterocycles. The highest BCUT2D eigenvalue weighted by Crippen LogP contribution is 2.57. The predicted octanol–water partition coefficient (Wildman–Crippen LogP) is 2.79. The molecule has 2 atom stereocenters. The van der Waals surface area contributed by atoms with Crippen molar-refractivity contribution in [3.8, 4) is 5.75 Å². The normalized spacial score (nSPS) is 23.2. The van der Waals surface area contributed by atoms with E-state index in [1.165, 1.54) is 12.0 Å². The van der Waals surface area contributed by atoms with E-state index in [1.54, 1.807) is 13.3 Å². The summed E-state index contributed by atoms with van der Waals surface area (Å²) in [5, 5.41) is 3.57. The van der Waals surface area contributed by atoms with Gasteiger partial charge in [-0.2, -0.15) is 0 Å². The average Bonchev–Trinajstić information content (AvgIpc) is 2.95. The zero-order valence-electron chi connectivity index (χ0n) is 11.2. The van der Waals surface area contributed by atoms with Crippen LogP contribution in [-0.2, 0) is 0 Å². The molecule has 0 aromatic carbocycles. The molecule has 1 aromatic heterocycles. The molecule has 3 nitrogen and oxygen atoms in total. The first-order chi connectivity index (χ1) is 8.08. The standard InChI is InChI=1S/C14H22N2O/c1-5-16-13(12-7-14(12,2)3)10-6-11(17-4)9-15-8-10/h6,8-9,12-13,16H,5,7H2,1-4H3. The van der Waals surface area contributed by atoms with Gasteiger partial charge >= 0.3 is 0 Å². The molecule has 0 bridgehead atoms. The Kier molecular flexibility index (Phi) is 3.38. The number of rotatable bonds is 5. The molecule has 1 fully saturated rings. The highest BCUT2D eigenvalue weighted by Gasteiger charge is 2.50. The number of nitrogens with one attached hydrogen (secondary N) is 1. The van der Waals surface area contributed by atoms with E-state index >= 15 is 0 Å². The van der Waals surface area contributed by atoms with Gasteiger partial charge in [0.05, 0.1) is 13.3 Å². The molecule has 1 aliphatic carbocycles. The summed E-state index contributed by atoms with van der Waals surface area (Å²) in [4.78, 5) is 4.25. The molecule has 1 N–H and O–H groups in total. The fourth-order valence-corrected chi connectivity index (χ4v) is 2.51. The molecule has 0 aliphatic heterocycles. The topological polar surface area (TPSA) is 34.2 Å². The van der Waals surface area contributed by atoms with E-state index in [4.69, 9.17) is 4.74 Å². The van der Waals surface area contributed by atoms with Gasteiger partial charge in [0.15, 0.2) is 0 Å². The van der Waals surface area contributed by atoms with Gasteiger partial charge in [-0.25, -0.2) is 0 Å². The lowest BCUT2D eigenvalue weighted by Gasteiger charge is -2.20. The van der Waals surface area contributed by atoms with Crippen molar-refractivity contribution in [2.45, 2.75) is 33.2 Å². The Bertz CT molecular complexity index is 390. The Morgan fingerprint density at radius 3 is 2.76 bits per heavy atom. The lowest BCUT2D eigenvalue weighted by Crippen LogP contribution is -2.24. The van der Waals surface area contributed by atoms with Gasteiger partial charge in [-0.3, -0.25) is 4.98 Å². The van der Waals surface area contributed by atoms with Crippen molar-refractivity contribution in [2.75, 3.05) is 13.7 Å². The molecule has 0 spiro atoms. The average molecular weight is 234 g/mol. The van der Waals surface area contributed by atoms with E-state index in [0.717, 1.165) is 12.3 Å². The smallest absolute Gasteiger partial charge is 0.137 e. The third-order valence-electron chi connectivity index (χ3n) is 3.75. The molecule has 3 heteroatoms. The minimum atomic E-state index is 0.401. The lowest BCUT2D eigenvalue weighted by molar-refractivity contribution is 0.402. The van der Waals surface area contributed by atoms with Gasteiger partial charge in [0.1, 0.15) is 5.75 Å². The first-order valence-corrected chi connectivity index (χ1v) is 6.31. The number of ether oxygens (including phenoxy) is 1. The fourth-order valence-electron chi connectivity index (χ4n) is 2.51. The van der Waals surface area contributed by atoms with E-state index in [0.29, 0.717) is 17.4 Å². The quantitative estimate of drug-likeness (QED) is 0.850. The maximum atomic E-state index is 5.24. The second kappa shape index (κ2) is 4.65. The molecule has 17 heavy (non-hydrogen) atoms. The summed E-state index contributed by atoms with van der Waals surface area (Å²) in [7, 11) is 1.68. The van der Waals surface area contributed by atoms with Gasteiger partial charge in [0.2, 0.25) is 0 Å². The maximum absolute atomic E-state index is 5.24. The van der Waals surface area contributed by atoms with Gasteiger partial charge in [-0.05, 0) is 35.9 Å². The van der Waals surface area contributed by atoms with Crippen LogP contribution in [0.5, 0.6) is 5.75 Å². The monoisotopic (exact) mass is 234 g/mol. The minimum absolute atomic E-state index is 0.401. The summed E-state index contributed by atoms with van der Waals surface area (Å²) in [6.07, 6.45) is 4.98. The Hall–Kier alpha value is -1.09. The third kappa shape index (κ3) is 2.60. The van der Waals surface area contributed by atoms with Gasteiger partial charge in [-0.1, -0.05) is 20.8 Å². The summed E-state index contributed by atoms with van der Waals surface area (Å²) >= 11 is 0. The second-order valence-corrected chi connectivity index (χ2v) is 5.49. The number of aromatic nitrogens is 1. The minimum Gasteiger partial charge on any atom is -0.495 e. The van der Waals surface area contributed by atoms with Crippen molar-refractivity contribution in [1.82, 2.24) is 10.3 Å². The molecular weight excluding hydrogens is 212 g/mol. The van der Waals surface area contributed by atoms with Gasteiger partial charge < -0.3 is 10.1 Å². The molecule has 1 saturated carbocycles. The second-order valence-electron chi connectivity index (χ2n) is 5.49. The van der Waals surface area contributed by atoms with Crippen LogP contribution in [0, 0.1) is 11.3 Å². The van der Waals surface area contributed by atoms with Crippen LogP contribution in [0.4, 0.5) is 0 Å². The van der Waals surface area contributed by atoms with Crippen LogP contribution >= 0.6 is 0 Å². The largest absolute Gasteiger partial charge is 0.495 e. The first-order valence-electron chi connectivity index (χ1n) is 6.31. The highest BCUT2D eigenvalue weighted by atomic mass is 16.5. The molecule has 94 valence electrons. The van der Waals surface area contributed by atoms with Crippen LogP contribution in [0.1, 0.15) is 38.8 Å². The summed E-state index contributed by atoms with van der Waals surface area (Å²) < 4.78 is 5.24. The van der Waals surface area contributed by atoms with Gasteiger partial charge in [0, 0.05) is 12.2 Å². The number of pyridine rings is 1. The molecule has 0 saturated heterocycles. The zero-order valence-corrected chi connectivity index (χ0v) is 11.2. The summed E-state index contributed by atoms with van der Waals surface area (Å²) in [5.41, 5.74) is 1.69. The lowest BCUT2D eigenvalue weighted by atomic mass is 9.98. The third-order valence-corrected chi connectivity index (χ3v) is 3.75. The number of hydrogen-bond acceptors (Lipinski definition) is 3. The molecule has 0 amide bonds. The fraction of sp³-hybridized carbons (Fsp3) is 0.643. The number of methoxy groups -OCH3 is 1. The van der Waals surface area contributed by atoms with Gasteiger partial charge in [-0.15, -0.1) is 0 Å². The van der Waals surface area contributed by atoms with E-state index < -0.39 is 0 Å². The van der Waals surface area contributed by atoms with Crippen LogP contribution in [0.25, 0.3) is 0 Å². The summed E-state index contributed by atoms with van der Waals surface area (Å²) in [5.74, 6) is 1.54. The van der Waals surface area contributed by atoms with E-state index in [9.17, 15) is 0 Å². The highest BCUT2D eigenvalue weighted by molar-refractivity contribution is 5.28. The Labute approximate surface area is 104 Å². The van der Waals surface area contributed by atoms with Crippen LogP contribution in [-0.4, -0.2) is 18.6 Å². The van der Waals surface area contributed by atoms with Gasteiger partial charge in [0.25, 0.3) is 0 Å². The summed E-state index contributed by atoms with van der Waals surface area (Å²) in [6, 6.07) is 2.49. The molecule has 2 rings (SSSR count). The predicted molar refractivity (Wildman–Crippen MR) is 69.1 cm³/mol. The van der Waals surface area contributed by atoms with E-state index in [-0.39, 0.29) is 0 Å². The van der Waals surface area contributed by atoms with Crippen molar-refractivity contribution in [3.05, 3.63) is 24.0 Å². The van der Waals surface area contributed by atoms with Crippen LogP contribution < -0.4 is 10.1 Å². The van der Waals surface area contributed by atoms with Crippen molar-refractivity contribution in [2.24, 2.45) is 11.3 Å². The molecular formula is C14H22N2O. The Morgan fingerprint density at radius 2 is 2.24 bits per heavy atom. The van der Waals surface area contributed by atoms with Crippen LogP contribution in [0.15, 0.2) is 18.5 Å². The Balaban J connectivity index is 2.20. The van der Waals surface area contributed by atoms with E-state index in [1.807, 2.05) is 6.20 Å². The zero-order chi connectivity index (χ0) is 12.5. The number of hydrogen-bond donors (Lipinski definition) is 1. The van der Waals surface area contributed by atoms with Crippen molar-refractivity contribution < 1.29 is 4.74 Å². The van der Waals surface area contributed by atoms with Crippen LogP contribution in [0.2, 0.25) is 0 Å². The number of nitrogens with zero attached hydrogens (tertiary/aromatic N) is 1. The molecule has 1 aliphatic rings. The van der Waals surface area contributed by atoms with Crippen molar-refractivity contribution >= 4 is 0 Å². The molecule has 2 unspecified atom stereocenters. The molecule has 1 aromatic rings.